The number of anilines is 3. The molecule has 0 bridgehead atoms. The molecule has 106 valence electrons. The molecule has 4 nitrogen and oxygen atoms in total. The Kier molecular flexibility index (Phi) is 4.54. The summed E-state index contributed by atoms with van der Waals surface area (Å²) < 4.78 is 13.8. The molecule has 0 radical (unpaired) electrons. The smallest absolute Gasteiger partial charge is 0.139 e. The van der Waals surface area contributed by atoms with Crippen LogP contribution >= 0.6 is 15.9 Å². The average molecular weight is 339 g/mol. The van der Waals surface area contributed by atoms with Crippen LogP contribution in [0.1, 0.15) is 18.3 Å². The van der Waals surface area contributed by atoms with E-state index in [2.05, 4.69) is 36.5 Å². The highest BCUT2D eigenvalue weighted by Gasteiger charge is 2.11. The third-order valence-electron chi connectivity index (χ3n) is 2.93. The minimum atomic E-state index is -0.285. The molecule has 0 saturated carbocycles. The number of aromatic nitrogens is 2. The van der Waals surface area contributed by atoms with Gasteiger partial charge in [-0.1, -0.05) is 6.92 Å². The molecule has 0 aliphatic rings. The Morgan fingerprint density at radius 2 is 1.95 bits per heavy atom. The van der Waals surface area contributed by atoms with E-state index < -0.39 is 0 Å². The van der Waals surface area contributed by atoms with E-state index in [0.717, 1.165) is 29.3 Å². The van der Waals surface area contributed by atoms with Crippen LogP contribution in [0.2, 0.25) is 0 Å². The maximum atomic E-state index is 13.1. The van der Waals surface area contributed by atoms with Gasteiger partial charge in [0.15, 0.2) is 0 Å². The third kappa shape index (κ3) is 3.07. The van der Waals surface area contributed by atoms with E-state index in [-0.39, 0.29) is 5.82 Å². The van der Waals surface area contributed by atoms with Gasteiger partial charge in [-0.15, -0.1) is 0 Å². The highest BCUT2D eigenvalue weighted by atomic mass is 79.9. The molecule has 6 heteroatoms. The molecule has 0 aliphatic carbocycles. The molecule has 0 fully saturated rings. The van der Waals surface area contributed by atoms with E-state index in [9.17, 15) is 4.39 Å². The van der Waals surface area contributed by atoms with Crippen molar-refractivity contribution in [1.82, 2.24) is 9.97 Å². The van der Waals surface area contributed by atoms with Crippen LogP contribution in [-0.2, 0) is 6.42 Å². The van der Waals surface area contributed by atoms with Crippen molar-refractivity contribution in [3.8, 4) is 0 Å². The van der Waals surface area contributed by atoms with Gasteiger partial charge in [-0.25, -0.2) is 14.4 Å². The lowest BCUT2D eigenvalue weighted by molar-refractivity contribution is 0.627. The SMILES string of the molecule is CCc1nc(NC)c(C)c(Nc2ccc(F)cc2Br)n1. The summed E-state index contributed by atoms with van der Waals surface area (Å²) in [5, 5.41) is 6.27. The van der Waals surface area contributed by atoms with Gasteiger partial charge in [0, 0.05) is 23.5 Å². The van der Waals surface area contributed by atoms with E-state index in [0.29, 0.717) is 10.3 Å². The zero-order valence-corrected chi connectivity index (χ0v) is 13.2. The number of hydrogen-bond donors (Lipinski definition) is 2. The zero-order valence-electron chi connectivity index (χ0n) is 11.6. The minimum absolute atomic E-state index is 0.285. The first-order valence-corrected chi connectivity index (χ1v) is 7.11. The van der Waals surface area contributed by atoms with Crippen molar-refractivity contribution in [2.75, 3.05) is 17.7 Å². The second kappa shape index (κ2) is 6.17. The van der Waals surface area contributed by atoms with Crippen molar-refractivity contribution in [2.24, 2.45) is 0 Å². The molecule has 0 aliphatic heterocycles. The number of aryl methyl sites for hydroxylation is 1. The van der Waals surface area contributed by atoms with Crippen LogP contribution in [0.4, 0.5) is 21.7 Å². The predicted molar refractivity (Wildman–Crippen MR) is 83.1 cm³/mol. The first-order chi connectivity index (χ1) is 9.55. The molecule has 1 aromatic heterocycles. The predicted octanol–water partition coefficient (Wildman–Crippen LogP) is 4.03. The number of rotatable bonds is 4. The Bertz CT molecular complexity index is 631. The van der Waals surface area contributed by atoms with Gasteiger partial charge >= 0.3 is 0 Å². The van der Waals surface area contributed by atoms with Crippen LogP contribution in [0.3, 0.4) is 0 Å². The zero-order chi connectivity index (χ0) is 14.7. The van der Waals surface area contributed by atoms with E-state index in [4.69, 9.17) is 0 Å². The number of hydrogen-bond acceptors (Lipinski definition) is 4. The fraction of sp³-hybridized carbons (Fsp3) is 0.286. The Morgan fingerprint density at radius 3 is 2.55 bits per heavy atom. The molecule has 2 N–H and O–H groups in total. The molecule has 1 aromatic carbocycles. The van der Waals surface area contributed by atoms with Crippen LogP contribution in [0.15, 0.2) is 22.7 Å². The number of nitrogens with zero attached hydrogens (tertiary/aromatic N) is 2. The lowest BCUT2D eigenvalue weighted by Crippen LogP contribution is -2.07. The topological polar surface area (TPSA) is 49.8 Å². The highest BCUT2D eigenvalue weighted by Crippen LogP contribution is 2.29. The second-order valence-electron chi connectivity index (χ2n) is 4.31. The molecule has 1 heterocycles. The first kappa shape index (κ1) is 14.7. The summed E-state index contributed by atoms with van der Waals surface area (Å²) in [6, 6.07) is 4.49. The Morgan fingerprint density at radius 1 is 1.25 bits per heavy atom. The number of nitrogens with one attached hydrogen (secondary N) is 2. The standard InChI is InChI=1S/C14H16BrFN4/c1-4-12-19-13(17-3)8(2)14(20-12)18-11-6-5-9(16)7-10(11)15/h5-7H,4H2,1-3H3,(H2,17,18,19,20). The molecule has 0 spiro atoms. The van der Waals surface area contributed by atoms with E-state index >= 15 is 0 Å². The van der Waals surface area contributed by atoms with E-state index in [1.807, 2.05) is 20.9 Å². The van der Waals surface area contributed by atoms with Crippen LogP contribution in [0, 0.1) is 12.7 Å². The molecular formula is C14H16BrFN4. The Labute approximate surface area is 126 Å². The normalized spacial score (nSPS) is 10.4. The quantitative estimate of drug-likeness (QED) is 0.883. The highest BCUT2D eigenvalue weighted by molar-refractivity contribution is 9.10. The lowest BCUT2D eigenvalue weighted by Gasteiger charge is -2.14. The van der Waals surface area contributed by atoms with Gasteiger partial charge in [0.2, 0.25) is 0 Å². The van der Waals surface area contributed by atoms with Gasteiger partial charge in [-0.3, -0.25) is 0 Å². The van der Waals surface area contributed by atoms with Gasteiger partial charge in [-0.05, 0) is 41.1 Å². The maximum Gasteiger partial charge on any atom is 0.139 e. The largest absolute Gasteiger partial charge is 0.373 e. The molecular weight excluding hydrogens is 323 g/mol. The lowest BCUT2D eigenvalue weighted by atomic mass is 10.2. The van der Waals surface area contributed by atoms with Crippen molar-refractivity contribution < 1.29 is 4.39 Å². The summed E-state index contributed by atoms with van der Waals surface area (Å²) in [4.78, 5) is 8.90. The summed E-state index contributed by atoms with van der Waals surface area (Å²) in [7, 11) is 1.83. The summed E-state index contributed by atoms with van der Waals surface area (Å²) in [5.74, 6) is 1.97. The summed E-state index contributed by atoms with van der Waals surface area (Å²) in [5.41, 5.74) is 1.68. The third-order valence-corrected chi connectivity index (χ3v) is 3.59. The fourth-order valence-corrected chi connectivity index (χ4v) is 2.25. The second-order valence-corrected chi connectivity index (χ2v) is 5.17. The van der Waals surface area contributed by atoms with Crippen LogP contribution in [0.25, 0.3) is 0 Å². The Balaban J connectivity index is 2.42. The van der Waals surface area contributed by atoms with Crippen LogP contribution in [-0.4, -0.2) is 17.0 Å². The van der Waals surface area contributed by atoms with Gasteiger partial charge in [0.1, 0.15) is 23.3 Å². The minimum Gasteiger partial charge on any atom is -0.373 e. The van der Waals surface area contributed by atoms with Crippen molar-refractivity contribution in [3.05, 3.63) is 39.9 Å². The monoisotopic (exact) mass is 338 g/mol. The molecule has 2 rings (SSSR count). The molecule has 0 saturated heterocycles. The van der Waals surface area contributed by atoms with Crippen molar-refractivity contribution in [3.63, 3.8) is 0 Å². The average Bonchev–Trinajstić information content (AvgIpc) is 2.43. The summed E-state index contributed by atoms with van der Waals surface area (Å²) >= 11 is 3.34. The van der Waals surface area contributed by atoms with Crippen LogP contribution in [0.5, 0.6) is 0 Å². The van der Waals surface area contributed by atoms with Gasteiger partial charge < -0.3 is 10.6 Å². The molecule has 0 atom stereocenters. The summed E-state index contributed by atoms with van der Waals surface area (Å²) in [6.45, 7) is 3.94. The van der Waals surface area contributed by atoms with E-state index in [1.165, 1.54) is 12.1 Å². The summed E-state index contributed by atoms with van der Waals surface area (Å²) in [6.07, 6.45) is 0.744. The Hall–Kier alpha value is -1.69. The fourth-order valence-electron chi connectivity index (χ4n) is 1.80. The van der Waals surface area contributed by atoms with Crippen molar-refractivity contribution in [1.29, 1.82) is 0 Å². The maximum absolute atomic E-state index is 13.1. The number of benzene rings is 1. The molecule has 2 aromatic rings. The molecule has 20 heavy (non-hydrogen) atoms. The molecule has 0 amide bonds. The van der Waals surface area contributed by atoms with Crippen LogP contribution < -0.4 is 10.6 Å². The first-order valence-electron chi connectivity index (χ1n) is 6.32. The van der Waals surface area contributed by atoms with Crippen molar-refractivity contribution >= 4 is 33.3 Å². The van der Waals surface area contributed by atoms with Gasteiger partial charge in [-0.2, -0.15) is 0 Å². The van der Waals surface area contributed by atoms with Crippen molar-refractivity contribution in [2.45, 2.75) is 20.3 Å². The van der Waals surface area contributed by atoms with Gasteiger partial charge in [0.25, 0.3) is 0 Å². The molecule has 0 unspecified atom stereocenters. The number of halogens is 2. The van der Waals surface area contributed by atoms with E-state index in [1.54, 1.807) is 6.07 Å². The van der Waals surface area contributed by atoms with Gasteiger partial charge in [0.05, 0.1) is 5.69 Å².